The van der Waals surface area contributed by atoms with Crippen LogP contribution < -0.4 is 10.6 Å². The van der Waals surface area contributed by atoms with E-state index in [1.807, 2.05) is 76.2 Å². The van der Waals surface area contributed by atoms with Crippen LogP contribution >= 0.6 is 0 Å². The molecular formula is C31H43N3O4. The van der Waals surface area contributed by atoms with Gasteiger partial charge < -0.3 is 20.3 Å². The third-order valence-electron chi connectivity index (χ3n) is 6.89. The molecule has 2 atom stereocenters. The molecule has 0 spiro atoms. The van der Waals surface area contributed by atoms with Crippen LogP contribution in [-0.2, 0) is 20.7 Å². The fraction of sp³-hybridized carbons (Fsp3) is 0.516. The van der Waals surface area contributed by atoms with E-state index in [2.05, 4.69) is 10.6 Å². The monoisotopic (exact) mass is 521 g/mol. The summed E-state index contributed by atoms with van der Waals surface area (Å²) in [7, 11) is 0. The standard InChI is InChI=1S/C31H43N3O4/c1-20(2)32-28(35)27(25-18-11-13-21(3)22(25)4)34(24-16-12-17-24)29(36)26(19-23-14-9-8-10-15-23)33-30(37)38-31(5,6)7/h8-11,13-15,18,20,24,26-27H,12,16-17,19H2,1-7H3,(H,32,35)(H,33,37). The lowest BCUT2D eigenvalue weighted by Crippen LogP contribution is -2.58. The quantitative estimate of drug-likeness (QED) is 0.463. The van der Waals surface area contributed by atoms with Gasteiger partial charge in [0.1, 0.15) is 17.7 Å². The van der Waals surface area contributed by atoms with E-state index in [9.17, 15) is 14.4 Å². The molecule has 38 heavy (non-hydrogen) atoms. The van der Waals surface area contributed by atoms with Crippen molar-refractivity contribution in [3.05, 3.63) is 70.8 Å². The minimum Gasteiger partial charge on any atom is -0.444 e. The first kappa shape index (κ1) is 29.2. The van der Waals surface area contributed by atoms with E-state index in [1.54, 1.807) is 25.7 Å². The average molecular weight is 522 g/mol. The van der Waals surface area contributed by atoms with E-state index < -0.39 is 23.8 Å². The van der Waals surface area contributed by atoms with Crippen LogP contribution in [0, 0.1) is 13.8 Å². The number of benzene rings is 2. The molecule has 0 saturated heterocycles. The molecule has 2 N–H and O–H groups in total. The van der Waals surface area contributed by atoms with E-state index in [1.165, 1.54) is 0 Å². The Bertz CT molecular complexity index is 1120. The summed E-state index contributed by atoms with van der Waals surface area (Å²) in [6.45, 7) is 13.2. The van der Waals surface area contributed by atoms with Crippen molar-refractivity contribution in [1.82, 2.24) is 15.5 Å². The Morgan fingerprint density at radius 3 is 2.18 bits per heavy atom. The number of hydrogen-bond acceptors (Lipinski definition) is 4. The van der Waals surface area contributed by atoms with Crippen molar-refractivity contribution in [2.75, 3.05) is 0 Å². The Labute approximate surface area is 227 Å². The summed E-state index contributed by atoms with van der Waals surface area (Å²) in [4.78, 5) is 42.8. The lowest BCUT2D eigenvalue weighted by Gasteiger charge is -2.44. The molecule has 1 saturated carbocycles. The molecule has 2 aromatic carbocycles. The molecule has 2 aromatic rings. The zero-order chi connectivity index (χ0) is 28.0. The van der Waals surface area contributed by atoms with E-state index >= 15 is 0 Å². The molecule has 7 nitrogen and oxygen atoms in total. The Morgan fingerprint density at radius 1 is 0.974 bits per heavy atom. The van der Waals surface area contributed by atoms with Crippen molar-refractivity contribution >= 4 is 17.9 Å². The van der Waals surface area contributed by atoms with Gasteiger partial charge in [0.2, 0.25) is 11.8 Å². The fourth-order valence-corrected chi connectivity index (χ4v) is 4.71. The third kappa shape index (κ3) is 7.59. The van der Waals surface area contributed by atoms with Crippen molar-refractivity contribution < 1.29 is 19.1 Å². The molecule has 7 heteroatoms. The SMILES string of the molecule is Cc1cccc(C(C(=O)NC(C)C)N(C(=O)C(Cc2ccccc2)NC(=O)OC(C)(C)C)C2CCC2)c1C. The largest absolute Gasteiger partial charge is 0.444 e. The Morgan fingerprint density at radius 2 is 1.63 bits per heavy atom. The van der Waals surface area contributed by atoms with E-state index in [4.69, 9.17) is 4.74 Å². The Kier molecular flexibility index (Phi) is 9.58. The van der Waals surface area contributed by atoms with Crippen LogP contribution in [0.1, 0.15) is 82.2 Å². The maximum absolute atomic E-state index is 14.5. The highest BCUT2D eigenvalue weighted by molar-refractivity contribution is 5.93. The smallest absolute Gasteiger partial charge is 0.408 e. The van der Waals surface area contributed by atoms with Gasteiger partial charge in [0.25, 0.3) is 0 Å². The van der Waals surface area contributed by atoms with Gasteiger partial charge in [0.05, 0.1) is 0 Å². The number of rotatable bonds is 9. The lowest BCUT2D eigenvalue weighted by atomic mass is 9.86. The molecule has 0 aromatic heterocycles. The van der Waals surface area contributed by atoms with Gasteiger partial charge in [0, 0.05) is 18.5 Å². The molecule has 3 rings (SSSR count). The average Bonchev–Trinajstić information content (AvgIpc) is 2.78. The number of nitrogens with zero attached hydrogens (tertiary/aromatic N) is 1. The predicted molar refractivity (Wildman–Crippen MR) is 150 cm³/mol. The normalized spacial score (nSPS) is 15.3. The second kappa shape index (κ2) is 12.5. The van der Waals surface area contributed by atoms with Crippen molar-refractivity contribution in [1.29, 1.82) is 0 Å². The first-order valence-electron chi connectivity index (χ1n) is 13.6. The highest BCUT2D eigenvalue weighted by atomic mass is 16.6. The van der Waals surface area contributed by atoms with Crippen molar-refractivity contribution in [3.63, 3.8) is 0 Å². The highest BCUT2D eigenvalue weighted by Gasteiger charge is 2.42. The van der Waals surface area contributed by atoms with Crippen molar-refractivity contribution in [2.24, 2.45) is 0 Å². The van der Waals surface area contributed by atoms with Gasteiger partial charge in [-0.25, -0.2) is 4.79 Å². The molecule has 1 fully saturated rings. The maximum Gasteiger partial charge on any atom is 0.408 e. The Balaban J connectivity index is 2.07. The van der Waals surface area contributed by atoms with E-state index in [0.29, 0.717) is 0 Å². The molecule has 1 aliphatic rings. The second-order valence-electron chi connectivity index (χ2n) is 11.6. The molecule has 2 unspecified atom stereocenters. The number of ether oxygens (including phenoxy) is 1. The van der Waals surface area contributed by atoms with Crippen LogP contribution in [0.15, 0.2) is 48.5 Å². The Hall–Kier alpha value is -3.35. The zero-order valence-electron chi connectivity index (χ0n) is 23.8. The van der Waals surface area contributed by atoms with Gasteiger partial charge in [-0.05, 0) is 90.0 Å². The molecule has 0 bridgehead atoms. The van der Waals surface area contributed by atoms with Crippen LogP contribution in [0.25, 0.3) is 0 Å². The first-order valence-corrected chi connectivity index (χ1v) is 13.6. The molecule has 0 aliphatic heterocycles. The van der Waals surface area contributed by atoms with Gasteiger partial charge in [-0.3, -0.25) is 9.59 Å². The van der Waals surface area contributed by atoms with Gasteiger partial charge in [-0.2, -0.15) is 0 Å². The summed E-state index contributed by atoms with van der Waals surface area (Å²) < 4.78 is 5.52. The summed E-state index contributed by atoms with van der Waals surface area (Å²) >= 11 is 0. The maximum atomic E-state index is 14.5. The van der Waals surface area contributed by atoms with Crippen LogP contribution in [0.2, 0.25) is 0 Å². The van der Waals surface area contributed by atoms with Gasteiger partial charge in [-0.1, -0.05) is 48.5 Å². The summed E-state index contributed by atoms with van der Waals surface area (Å²) in [6, 6.07) is 13.6. The van der Waals surface area contributed by atoms with Gasteiger partial charge in [-0.15, -0.1) is 0 Å². The van der Waals surface area contributed by atoms with Gasteiger partial charge in [0.15, 0.2) is 0 Å². The molecule has 1 aliphatic carbocycles. The topological polar surface area (TPSA) is 87.7 Å². The molecule has 0 radical (unpaired) electrons. The number of carbonyl (C=O) groups excluding carboxylic acids is 3. The summed E-state index contributed by atoms with van der Waals surface area (Å²) in [6.07, 6.45) is 2.24. The van der Waals surface area contributed by atoms with Crippen LogP contribution in [-0.4, -0.2) is 46.5 Å². The number of alkyl carbamates (subject to hydrolysis) is 1. The molecule has 3 amide bonds. The highest BCUT2D eigenvalue weighted by Crippen LogP contribution is 2.35. The number of amides is 3. The summed E-state index contributed by atoms with van der Waals surface area (Å²) in [5.41, 5.74) is 3.03. The van der Waals surface area contributed by atoms with Crippen molar-refractivity contribution in [3.8, 4) is 0 Å². The number of hydrogen-bond donors (Lipinski definition) is 2. The van der Waals surface area contributed by atoms with Crippen LogP contribution in [0.3, 0.4) is 0 Å². The van der Waals surface area contributed by atoms with E-state index in [0.717, 1.165) is 41.5 Å². The van der Waals surface area contributed by atoms with E-state index in [-0.39, 0.29) is 30.3 Å². The fourth-order valence-electron chi connectivity index (χ4n) is 4.71. The minimum absolute atomic E-state index is 0.0894. The molecular weight excluding hydrogens is 478 g/mol. The van der Waals surface area contributed by atoms with Crippen LogP contribution in [0.4, 0.5) is 4.79 Å². The summed E-state index contributed by atoms with van der Waals surface area (Å²) in [5.74, 6) is -0.501. The molecule has 206 valence electrons. The third-order valence-corrected chi connectivity index (χ3v) is 6.89. The summed E-state index contributed by atoms with van der Waals surface area (Å²) in [5, 5.41) is 5.88. The van der Waals surface area contributed by atoms with Crippen molar-refractivity contribution in [2.45, 2.75) is 104 Å². The van der Waals surface area contributed by atoms with Gasteiger partial charge >= 0.3 is 6.09 Å². The number of nitrogens with one attached hydrogen (secondary N) is 2. The predicted octanol–water partition coefficient (Wildman–Crippen LogP) is 5.39. The minimum atomic E-state index is -0.896. The lowest BCUT2D eigenvalue weighted by molar-refractivity contribution is -0.147. The second-order valence-corrected chi connectivity index (χ2v) is 11.6. The van der Waals surface area contributed by atoms with Crippen LogP contribution in [0.5, 0.6) is 0 Å². The zero-order valence-corrected chi connectivity index (χ0v) is 23.8. The number of aryl methyl sites for hydroxylation is 1. The molecule has 0 heterocycles. The number of carbonyl (C=O) groups is 3. The first-order chi connectivity index (χ1) is 17.9.